The van der Waals surface area contributed by atoms with Crippen molar-refractivity contribution in [1.82, 2.24) is 20.1 Å². The molecule has 132 valence electrons. The molecule has 0 fully saturated rings. The number of para-hydroxylation sites is 1. The molecule has 2 rings (SSSR count). The number of benzene rings is 1. The van der Waals surface area contributed by atoms with Crippen molar-refractivity contribution in [2.45, 2.75) is 32.4 Å². The fourth-order valence-corrected chi connectivity index (χ4v) is 2.47. The molecule has 1 aromatic heterocycles. The summed E-state index contributed by atoms with van der Waals surface area (Å²) in [6, 6.07) is 10.7. The van der Waals surface area contributed by atoms with Crippen LogP contribution in [0, 0.1) is 0 Å². The summed E-state index contributed by atoms with van der Waals surface area (Å²) in [4.78, 5) is 6.52. The van der Waals surface area contributed by atoms with Crippen LogP contribution in [0.4, 0.5) is 0 Å². The minimum absolute atomic E-state index is 0.0850. The van der Waals surface area contributed by atoms with Gasteiger partial charge in [0.25, 0.3) is 0 Å². The molecule has 1 heterocycles. The summed E-state index contributed by atoms with van der Waals surface area (Å²) in [5.41, 5.74) is 1.38. The Morgan fingerprint density at radius 2 is 1.92 bits per heavy atom. The molecule has 0 aliphatic heterocycles. The van der Waals surface area contributed by atoms with Gasteiger partial charge >= 0.3 is 0 Å². The third kappa shape index (κ3) is 4.74. The molecular formula is C19H31N5. The molecule has 0 radical (unpaired) electrons. The summed E-state index contributed by atoms with van der Waals surface area (Å²) in [6.07, 6.45) is 3.22. The van der Waals surface area contributed by atoms with Gasteiger partial charge in [0.1, 0.15) is 0 Å². The predicted molar refractivity (Wildman–Crippen MR) is 104 cm³/mol. The number of likely N-dealkylation sites (N-methyl/N-ethyl adjacent to an activating group) is 1. The second-order valence-corrected chi connectivity index (χ2v) is 6.98. The molecule has 0 saturated heterocycles. The predicted octanol–water partition coefficient (Wildman–Crippen LogP) is 2.54. The Balaban J connectivity index is 1.76. The highest BCUT2D eigenvalue weighted by Crippen LogP contribution is 2.15. The molecule has 24 heavy (non-hydrogen) atoms. The van der Waals surface area contributed by atoms with Crippen molar-refractivity contribution >= 4 is 16.9 Å². The lowest BCUT2D eigenvalue weighted by Crippen LogP contribution is -2.50. The normalized spacial score (nSPS) is 12.8. The molecule has 0 amide bonds. The summed E-state index contributed by atoms with van der Waals surface area (Å²) in [5, 5.41) is 8.10. The van der Waals surface area contributed by atoms with Crippen LogP contribution in [0.1, 0.15) is 20.3 Å². The van der Waals surface area contributed by atoms with E-state index in [4.69, 9.17) is 0 Å². The van der Waals surface area contributed by atoms with Gasteiger partial charge in [-0.2, -0.15) is 0 Å². The largest absolute Gasteiger partial charge is 0.356 e. The lowest BCUT2D eigenvalue weighted by molar-refractivity contribution is 0.197. The maximum atomic E-state index is 4.30. The van der Waals surface area contributed by atoms with Gasteiger partial charge in [0, 0.05) is 43.9 Å². The van der Waals surface area contributed by atoms with Crippen molar-refractivity contribution in [3.8, 4) is 0 Å². The Morgan fingerprint density at radius 3 is 2.62 bits per heavy atom. The smallest absolute Gasteiger partial charge is 0.191 e. The molecule has 0 bridgehead atoms. The minimum Gasteiger partial charge on any atom is -0.356 e. The zero-order valence-corrected chi connectivity index (χ0v) is 15.6. The summed E-state index contributed by atoms with van der Waals surface area (Å²) in [7, 11) is 6.01. The van der Waals surface area contributed by atoms with Gasteiger partial charge in [-0.05, 0) is 51.9 Å². The Bertz CT molecular complexity index is 669. The zero-order valence-electron chi connectivity index (χ0n) is 15.6. The van der Waals surface area contributed by atoms with Crippen LogP contribution in [-0.4, -0.2) is 55.2 Å². The van der Waals surface area contributed by atoms with E-state index in [1.165, 1.54) is 10.9 Å². The molecule has 0 saturated carbocycles. The van der Waals surface area contributed by atoms with Crippen LogP contribution in [0.3, 0.4) is 0 Å². The number of aliphatic imine (C=N–C) groups is 1. The average molecular weight is 329 g/mol. The summed E-state index contributed by atoms with van der Waals surface area (Å²) in [5.74, 6) is 0.863. The second kappa shape index (κ2) is 8.20. The fraction of sp³-hybridized carbons (Fsp3) is 0.526. The third-order valence-electron chi connectivity index (χ3n) is 4.67. The first-order valence-electron chi connectivity index (χ1n) is 8.60. The maximum absolute atomic E-state index is 4.30. The van der Waals surface area contributed by atoms with Crippen LogP contribution in [0.5, 0.6) is 0 Å². The highest BCUT2D eigenvalue weighted by molar-refractivity contribution is 5.80. The minimum atomic E-state index is 0.0850. The number of fused-ring (bicyclic) bond motifs is 1. The second-order valence-electron chi connectivity index (χ2n) is 6.98. The molecule has 0 aliphatic rings. The van der Waals surface area contributed by atoms with Crippen molar-refractivity contribution in [1.29, 1.82) is 0 Å². The van der Waals surface area contributed by atoms with Crippen LogP contribution in [-0.2, 0) is 6.54 Å². The van der Waals surface area contributed by atoms with E-state index in [-0.39, 0.29) is 5.54 Å². The van der Waals surface area contributed by atoms with E-state index in [0.29, 0.717) is 0 Å². The van der Waals surface area contributed by atoms with Crippen LogP contribution in [0.2, 0.25) is 0 Å². The lowest BCUT2D eigenvalue weighted by atomic mass is 10.0. The third-order valence-corrected chi connectivity index (χ3v) is 4.67. The van der Waals surface area contributed by atoms with Crippen molar-refractivity contribution in [2.75, 3.05) is 34.2 Å². The number of rotatable bonds is 7. The van der Waals surface area contributed by atoms with Crippen molar-refractivity contribution in [3.63, 3.8) is 0 Å². The van der Waals surface area contributed by atoms with Crippen LogP contribution in [0.15, 0.2) is 41.5 Å². The zero-order chi connectivity index (χ0) is 17.6. The number of aromatic nitrogens is 1. The van der Waals surface area contributed by atoms with Crippen LogP contribution >= 0.6 is 0 Å². The van der Waals surface area contributed by atoms with Gasteiger partial charge in [0.05, 0.1) is 0 Å². The van der Waals surface area contributed by atoms with E-state index < -0.39 is 0 Å². The van der Waals surface area contributed by atoms with Gasteiger partial charge in [0.15, 0.2) is 5.96 Å². The molecule has 5 nitrogen and oxygen atoms in total. The first-order valence-corrected chi connectivity index (χ1v) is 8.60. The molecule has 0 atom stereocenters. The first kappa shape index (κ1) is 18.3. The van der Waals surface area contributed by atoms with Gasteiger partial charge in [0.2, 0.25) is 0 Å². The molecule has 5 heteroatoms. The van der Waals surface area contributed by atoms with Gasteiger partial charge in [-0.15, -0.1) is 0 Å². The van der Waals surface area contributed by atoms with Gasteiger partial charge in [-0.3, -0.25) is 4.99 Å². The monoisotopic (exact) mass is 329 g/mol. The first-order chi connectivity index (χ1) is 11.4. The van der Waals surface area contributed by atoms with Gasteiger partial charge in [-0.25, -0.2) is 0 Å². The standard InChI is InChI=1S/C19H31N5/c1-19(2,23(4)5)15-22-18(20-3)21-12-8-13-24-14-11-16-9-6-7-10-17(16)24/h6-7,9-11,14H,8,12-13,15H2,1-5H3,(H2,20,21,22). The van der Waals surface area contributed by atoms with E-state index in [9.17, 15) is 0 Å². The quantitative estimate of drug-likeness (QED) is 0.466. The summed E-state index contributed by atoms with van der Waals surface area (Å²) in [6.45, 7) is 7.17. The SMILES string of the molecule is CN=C(NCCCn1ccc2ccccc21)NCC(C)(C)N(C)C. The Labute approximate surface area is 145 Å². The van der Waals surface area contributed by atoms with Crippen molar-refractivity contribution < 1.29 is 0 Å². The number of nitrogens with zero attached hydrogens (tertiary/aromatic N) is 3. The average Bonchev–Trinajstić information content (AvgIpc) is 2.97. The van der Waals surface area contributed by atoms with Gasteiger partial charge < -0.3 is 20.1 Å². The maximum Gasteiger partial charge on any atom is 0.191 e. The number of guanidine groups is 1. The van der Waals surface area contributed by atoms with Crippen molar-refractivity contribution in [2.24, 2.45) is 4.99 Å². The molecule has 2 N–H and O–H groups in total. The number of nitrogens with one attached hydrogen (secondary N) is 2. The number of hydrogen-bond acceptors (Lipinski definition) is 2. The Morgan fingerprint density at radius 1 is 1.17 bits per heavy atom. The molecule has 0 unspecified atom stereocenters. The van der Waals surface area contributed by atoms with Gasteiger partial charge in [-0.1, -0.05) is 18.2 Å². The van der Waals surface area contributed by atoms with E-state index >= 15 is 0 Å². The van der Waals surface area contributed by atoms with Crippen LogP contribution < -0.4 is 10.6 Å². The molecule has 2 aromatic rings. The molecular weight excluding hydrogens is 298 g/mol. The summed E-state index contributed by atoms with van der Waals surface area (Å²) >= 11 is 0. The van der Waals surface area contributed by atoms with E-state index in [2.05, 4.69) is 89.6 Å². The molecule has 1 aromatic carbocycles. The topological polar surface area (TPSA) is 44.6 Å². The highest BCUT2D eigenvalue weighted by Gasteiger charge is 2.20. The van der Waals surface area contributed by atoms with Crippen molar-refractivity contribution in [3.05, 3.63) is 36.5 Å². The lowest BCUT2D eigenvalue weighted by Gasteiger charge is -2.33. The number of aryl methyl sites for hydroxylation is 1. The van der Waals surface area contributed by atoms with E-state index in [0.717, 1.165) is 32.0 Å². The number of hydrogen-bond donors (Lipinski definition) is 2. The van der Waals surface area contributed by atoms with E-state index in [1.54, 1.807) is 0 Å². The highest BCUT2D eigenvalue weighted by atomic mass is 15.2. The molecule has 0 aliphatic carbocycles. The van der Waals surface area contributed by atoms with Crippen LogP contribution in [0.25, 0.3) is 10.9 Å². The Hall–Kier alpha value is -2.01. The summed E-state index contributed by atoms with van der Waals surface area (Å²) < 4.78 is 2.31. The molecule has 0 spiro atoms. The van der Waals surface area contributed by atoms with E-state index in [1.807, 2.05) is 7.05 Å². The Kier molecular flexibility index (Phi) is 6.26. The fourth-order valence-electron chi connectivity index (χ4n) is 2.47.